The van der Waals surface area contributed by atoms with E-state index >= 15 is 0 Å². The maximum absolute atomic E-state index is 12.5. The Bertz CT molecular complexity index is 557. The molecule has 0 fully saturated rings. The molecule has 0 bridgehead atoms. The van der Waals surface area contributed by atoms with Gasteiger partial charge in [0, 0.05) is 12.1 Å². The van der Waals surface area contributed by atoms with Crippen LogP contribution in [-0.2, 0) is 10.0 Å². The van der Waals surface area contributed by atoms with Gasteiger partial charge in [-0.3, -0.25) is 0 Å². The molecule has 0 amide bonds. The van der Waals surface area contributed by atoms with Crippen molar-refractivity contribution >= 4 is 10.0 Å². The number of halogens is 3. The highest BCUT2D eigenvalue weighted by Crippen LogP contribution is 2.26. The van der Waals surface area contributed by atoms with Crippen molar-refractivity contribution < 1.29 is 26.3 Å². The monoisotopic (exact) mass is 325 g/mol. The van der Waals surface area contributed by atoms with E-state index in [0.29, 0.717) is 0 Å². The van der Waals surface area contributed by atoms with Crippen LogP contribution < -0.4 is 4.74 Å². The van der Waals surface area contributed by atoms with Gasteiger partial charge in [-0.1, -0.05) is 0 Å². The van der Waals surface area contributed by atoms with Crippen LogP contribution in [0.3, 0.4) is 0 Å². The molecule has 0 saturated carbocycles. The number of nitrogens with zero attached hydrogens (tertiary/aromatic N) is 1. The fourth-order valence-corrected chi connectivity index (χ4v) is 3.92. The van der Waals surface area contributed by atoms with Crippen LogP contribution in [0.1, 0.15) is 27.7 Å². The second-order valence-corrected chi connectivity index (χ2v) is 6.88. The third kappa shape index (κ3) is 4.60. The van der Waals surface area contributed by atoms with Gasteiger partial charge in [0.25, 0.3) is 0 Å². The summed E-state index contributed by atoms with van der Waals surface area (Å²) in [6.45, 7) is 6.94. The fraction of sp³-hybridized carbons (Fsp3) is 0.538. The summed E-state index contributed by atoms with van der Waals surface area (Å²) >= 11 is 0. The Morgan fingerprint density at radius 1 is 1.00 bits per heavy atom. The zero-order valence-electron chi connectivity index (χ0n) is 12.2. The number of benzene rings is 1. The van der Waals surface area contributed by atoms with Crippen LogP contribution in [0, 0.1) is 0 Å². The fourth-order valence-electron chi connectivity index (χ4n) is 2.09. The minimum atomic E-state index is -4.80. The zero-order valence-corrected chi connectivity index (χ0v) is 13.0. The minimum absolute atomic E-state index is 0.0700. The van der Waals surface area contributed by atoms with Gasteiger partial charge < -0.3 is 4.74 Å². The Hall–Kier alpha value is -1.28. The van der Waals surface area contributed by atoms with Crippen molar-refractivity contribution in [2.45, 2.75) is 51.0 Å². The van der Waals surface area contributed by atoms with Crippen LogP contribution in [0.2, 0.25) is 0 Å². The lowest BCUT2D eigenvalue weighted by atomic mass is 10.3. The van der Waals surface area contributed by atoms with Crippen molar-refractivity contribution in [2.24, 2.45) is 0 Å². The Morgan fingerprint density at radius 3 is 1.76 bits per heavy atom. The molecule has 0 aliphatic heterocycles. The van der Waals surface area contributed by atoms with Gasteiger partial charge in [-0.05, 0) is 52.0 Å². The summed E-state index contributed by atoms with van der Waals surface area (Å²) in [5, 5.41) is 0. The van der Waals surface area contributed by atoms with Crippen LogP contribution in [0.15, 0.2) is 29.2 Å². The standard InChI is InChI=1S/C13H18F3NO3S/c1-9(2)17(10(3)4)21(18,19)12-7-5-11(6-8-12)20-13(14,15)16/h5-10H,1-4H3. The average molecular weight is 325 g/mol. The highest BCUT2D eigenvalue weighted by molar-refractivity contribution is 7.89. The van der Waals surface area contributed by atoms with E-state index in [-0.39, 0.29) is 17.0 Å². The molecule has 0 unspecified atom stereocenters. The molecule has 0 aliphatic carbocycles. The van der Waals surface area contributed by atoms with E-state index in [4.69, 9.17) is 0 Å². The number of hydrogen-bond acceptors (Lipinski definition) is 3. The molecule has 8 heteroatoms. The van der Waals surface area contributed by atoms with Crippen LogP contribution >= 0.6 is 0 Å². The normalized spacial score (nSPS) is 13.2. The van der Waals surface area contributed by atoms with Gasteiger partial charge >= 0.3 is 6.36 Å². The first-order valence-electron chi connectivity index (χ1n) is 6.34. The smallest absolute Gasteiger partial charge is 0.406 e. The number of ether oxygens (including phenoxy) is 1. The van der Waals surface area contributed by atoms with Crippen molar-refractivity contribution in [3.05, 3.63) is 24.3 Å². The van der Waals surface area contributed by atoms with E-state index in [0.717, 1.165) is 24.3 Å². The van der Waals surface area contributed by atoms with E-state index < -0.39 is 22.1 Å². The summed E-state index contributed by atoms with van der Waals surface area (Å²) < 4.78 is 66.2. The summed E-state index contributed by atoms with van der Waals surface area (Å²) in [5.74, 6) is -0.456. The first-order chi connectivity index (χ1) is 9.45. The zero-order chi connectivity index (χ0) is 16.4. The number of hydrogen-bond donors (Lipinski definition) is 0. The van der Waals surface area contributed by atoms with Crippen molar-refractivity contribution in [1.29, 1.82) is 0 Å². The third-order valence-corrected chi connectivity index (χ3v) is 4.92. The molecule has 1 aromatic rings. The first-order valence-corrected chi connectivity index (χ1v) is 7.78. The summed E-state index contributed by atoms with van der Waals surface area (Å²) in [4.78, 5) is -0.0700. The molecule has 1 rings (SSSR count). The Morgan fingerprint density at radius 2 is 1.43 bits per heavy atom. The van der Waals surface area contributed by atoms with Crippen molar-refractivity contribution in [2.75, 3.05) is 0 Å². The number of rotatable bonds is 5. The predicted octanol–water partition coefficient (Wildman–Crippen LogP) is 3.39. The summed E-state index contributed by atoms with van der Waals surface area (Å²) in [6, 6.07) is 3.66. The topological polar surface area (TPSA) is 46.6 Å². The third-order valence-electron chi connectivity index (χ3n) is 2.65. The highest BCUT2D eigenvalue weighted by atomic mass is 32.2. The van der Waals surface area contributed by atoms with Crippen LogP contribution in [-0.4, -0.2) is 31.2 Å². The average Bonchev–Trinajstić information content (AvgIpc) is 2.25. The van der Waals surface area contributed by atoms with E-state index in [2.05, 4.69) is 4.74 Å². The van der Waals surface area contributed by atoms with Crippen molar-refractivity contribution in [3.63, 3.8) is 0 Å². The maximum atomic E-state index is 12.5. The molecule has 21 heavy (non-hydrogen) atoms. The van der Waals surface area contributed by atoms with E-state index in [1.165, 1.54) is 4.31 Å². The molecule has 0 heterocycles. The van der Waals surface area contributed by atoms with Gasteiger partial charge in [0.05, 0.1) is 4.90 Å². The number of sulfonamides is 1. The highest BCUT2D eigenvalue weighted by Gasteiger charge is 2.32. The van der Waals surface area contributed by atoms with Crippen molar-refractivity contribution in [3.8, 4) is 5.75 Å². The second-order valence-electron chi connectivity index (χ2n) is 5.04. The Labute approximate surface area is 122 Å². The molecule has 120 valence electrons. The molecule has 0 aromatic heterocycles. The lowest BCUT2D eigenvalue weighted by Gasteiger charge is -2.29. The van der Waals surface area contributed by atoms with Crippen LogP contribution in [0.25, 0.3) is 0 Å². The summed E-state index contributed by atoms with van der Waals surface area (Å²) in [6.07, 6.45) is -4.80. The van der Waals surface area contributed by atoms with E-state index in [1.807, 2.05) is 0 Å². The van der Waals surface area contributed by atoms with E-state index in [9.17, 15) is 21.6 Å². The largest absolute Gasteiger partial charge is 0.573 e. The van der Waals surface area contributed by atoms with E-state index in [1.54, 1.807) is 27.7 Å². The molecule has 0 saturated heterocycles. The summed E-state index contributed by atoms with van der Waals surface area (Å²) in [7, 11) is -3.76. The second kappa shape index (κ2) is 6.23. The maximum Gasteiger partial charge on any atom is 0.573 e. The van der Waals surface area contributed by atoms with Gasteiger partial charge in [-0.2, -0.15) is 4.31 Å². The first kappa shape index (κ1) is 17.8. The lowest BCUT2D eigenvalue weighted by molar-refractivity contribution is -0.274. The lowest BCUT2D eigenvalue weighted by Crippen LogP contribution is -2.41. The Kier molecular flexibility index (Phi) is 5.27. The molecular formula is C13H18F3NO3S. The molecule has 1 aromatic carbocycles. The Balaban J connectivity index is 3.10. The molecule has 0 radical (unpaired) electrons. The molecule has 0 N–H and O–H groups in total. The molecule has 0 aliphatic rings. The quantitative estimate of drug-likeness (QED) is 0.833. The van der Waals surface area contributed by atoms with Gasteiger partial charge in [0.2, 0.25) is 10.0 Å². The minimum Gasteiger partial charge on any atom is -0.406 e. The molecular weight excluding hydrogens is 307 g/mol. The van der Waals surface area contributed by atoms with Crippen LogP contribution in [0.5, 0.6) is 5.75 Å². The van der Waals surface area contributed by atoms with Gasteiger partial charge in [0.1, 0.15) is 5.75 Å². The van der Waals surface area contributed by atoms with Crippen LogP contribution in [0.4, 0.5) is 13.2 Å². The predicted molar refractivity (Wildman–Crippen MR) is 72.4 cm³/mol. The van der Waals surface area contributed by atoms with Gasteiger partial charge in [-0.25, -0.2) is 8.42 Å². The van der Waals surface area contributed by atoms with Gasteiger partial charge in [0.15, 0.2) is 0 Å². The molecule has 0 atom stereocenters. The number of alkyl halides is 3. The summed E-state index contributed by atoms with van der Waals surface area (Å²) in [5.41, 5.74) is 0. The van der Waals surface area contributed by atoms with Crippen molar-refractivity contribution in [1.82, 2.24) is 4.31 Å². The SMILES string of the molecule is CC(C)N(C(C)C)S(=O)(=O)c1ccc(OC(F)(F)F)cc1. The molecule has 0 spiro atoms. The van der Waals surface area contributed by atoms with Gasteiger partial charge in [-0.15, -0.1) is 13.2 Å². The molecule has 4 nitrogen and oxygen atoms in total.